The lowest BCUT2D eigenvalue weighted by molar-refractivity contribution is 0.153. The molecule has 2 atom stereocenters. The van der Waals surface area contributed by atoms with Crippen molar-refractivity contribution in [3.05, 3.63) is 0 Å². The van der Waals surface area contributed by atoms with Gasteiger partial charge in [0.15, 0.2) is 0 Å². The number of likely N-dealkylation sites (tertiary alicyclic amines) is 1. The Bertz CT molecular complexity index is 365. The van der Waals surface area contributed by atoms with Crippen LogP contribution in [0.5, 0.6) is 0 Å². The highest BCUT2D eigenvalue weighted by atomic mass is 15.2. The molecule has 3 rings (SSSR count). The van der Waals surface area contributed by atoms with E-state index in [9.17, 15) is 5.26 Å². The Morgan fingerprint density at radius 2 is 2.00 bits per heavy atom. The van der Waals surface area contributed by atoms with Crippen LogP contribution < -0.4 is 5.32 Å². The van der Waals surface area contributed by atoms with Gasteiger partial charge in [0.2, 0.25) is 0 Å². The second-order valence-electron chi connectivity index (χ2n) is 7.20. The third-order valence-corrected chi connectivity index (χ3v) is 5.15. The topological polar surface area (TPSA) is 39.1 Å². The van der Waals surface area contributed by atoms with E-state index in [2.05, 4.69) is 30.1 Å². The van der Waals surface area contributed by atoms with Crippen LogP contribution in [0, 0.1) is 23.2 Å². The highest BCUT2D eigenvalue weighted by Crippen LogP contribution is 2.42. The highest BCUT2D eigenvalue weighted by molar-refractivity contribution is 5.19. The highest BCUT2D eigenvalue weighted by Gasteiger charge is 2.50. The normalized spacial score (nSPS) is 31.4. The lowest BCUT2D eigenvalue weighted by Crippen LogP contribution is -2.56. The zero-order chi connectivity index (χ0) is 13.5. The number of nitrogens with one attached hydrogen (secondary N) is 1. The van der Waals surface area contributed by atoms with Gasteiger partial charge in [-0.25, -0.2) is 0 Å². The maximum absolute atomic E-state index is 9.81. The zero-order valence-corrected chi connectivity index (χ0v) is 12.4. The van der Waals surface area contributed by atoms with Crippen molar-refractivity contribution in [2.45, 2.75) is 70.0 Å². The number of hydrogen-bond acceptors (Lipinski definition) is 3. The number of nitriles is 1. The van der Waals surface area contributed by atoms with Crippen molar-refractivity contribution in [3.63, 3.8) is 0 Å². The van der Waals surface area contributed by atoms with E-state index < -0.39 is 0 Å². The Hall–Kier alpha value is -0.590. The molecule has 1 aliphatic heterocycles. The molecule has 0 spiro atoms. The fourth-order valence-corrected chi connectivity index (χ4v) is 3.74. The smallest absolute Gasteiger partial charge is 0.122 e. The number of rotatable bonds is 6. The van der Waals surface area contributed by atoms with Gasteiger partial charge in [-0.15, -0.1) is 0 Å². The van der Waals surface area contributed by atoms with Gasteiger partial charge in [0.05, 0.1) is 6.07 Å². The summed E-state index contributed by atoms with van der Waals surface area (Å²) in [5, 5.41) is 13.5. The molecule has 0 aromatic carbocycles. The Kier molecular flexibility index (Phi) is 3.57. The summed E-state index contributed by atoms with van der Waals surface area (Å²) in [7, 11) is 0. The molecule has 0 amide bonds. The van der Waals surface area contributed by atoms with Crippen LogP contribution in [0.4, 0.5) is 0 Å². The van der Waals surface area contributed by atoms with E-state index >= 15 is 0 Å². The molecule has 3 heteroatoms. The standard InChI is InChI=1S/C16H27N3/c1-12(2)15-4-3-9-19(15)11-16(10-17,13-5-6-13)18-14-7-8-14/h12-15,18H,3-9,11H2,1-2H3. The van der Waals surface area contributed by atoms with Crippen LogP contribution >= 0.6 is 0 Å². The quantitative estimate of drug-likeness (QED) is 0.798. The maximum atomic E-state index is 9.81. The Morgan fingerprint density at radius 3 is 2.53 bits per heavy atom. The average molecular weight is 261 g/mol. The van der Waals surface area contributed by atoms with Gasteiger partial charge in [-0.3, -0.25) is 10.2 Å². The summed E-state index contributed by atoms with van der Waals surface area (Å²) in [4.78, 5) is 2.60. The minimum Gasteiger partial charge on any atom is -0.297 e. The molecular formula is C16H27N3. The summed E-state index contributed by atoms with van der Waals surface area (Å²) in [6.45, 7) is 6.78. The van der Waals surface area contributed by atoms with E-state index in [-0.39, 0.29) is 5.54 Å². The van der Waals surface area contributed by atoms with Gasteiger partial charge >= 0.3 is 0 Å². The van der Waals surface area contributed by atoms with Gasteiger partial charge in [-0.2, -0.15) is 5.26 Å². The van der Waals surface area contributed by atoms with Crippen LogP contribution in [0.2, 0.25) is 0 Å². The SMILES string of the molecule is CC(C)C1CCCN1CC(C#N)(NC1CC1)C1CC1. The average Bonchev–Trinajstić information content (AvgIpc) is 3.28. The van der Waals surface area contributed by atoms with Gasteiger partial charge in [0.25, 0.3) is 0 Å². The summed E-state index contributed by atoms with van der Waals surface area (Å²) in [5.74, 6) is 1.31. The molecule has 19 heavy (non-hydrogen) atoms. The molecule has 0 radical (unpaired) electrons. The van der Waals surface area contributed by atoms with Crippen LogP contribution in [0.3, 0.4) is 0 Å². The summed E-state index contributed by atoms with van der Waals surface area (Å²) in [6.07, 6.45) is 7.64. The molecule has 3 aliphatic rings. The van der Waals surface area contributed by atoms with Crippen LogP contribution in [-0.4, -0.2) is 35.6 Å². The zero-order valence-electron chi connectivity index (χ0n) is 12.4. The first-order chi connectivity index (χ1) is 9.14. The molecule has 106 valence electrons. The molecule has 3 nitrogen and oxygen atoms in total. The predicted octanol–water partition coefficient (Wildman–Crippen LogP) is 2.53. The lowest BCUT2D eigenvalue weighted by Gasteiger charge is -2.36. The molecule has 1 saturated heterocycles. The van der Waals surface area contributed by atoms with Gasteiger partial charge in [-0.1, -0.05) is 13.8 Å². The van der Waals surface area contributed by atoms with Crippen LogP contribution in [0.25, 0.3) is 0 Å². The van der Waals surface area contributed by atoms with Crippen molar-refractivity contribution >= 4 is 0 Å². The van der Waals surface area contributed by atoms with Gasteiger partial charge < -0.3 is 0 Å². The fraction of sp³-hybridized carbons (Fsp3) is 0.938. The maximum Gasteiger partial charge on any atom is 0.122 e. The van der Waals surface area contributed by atoms with Crippen molar-refractivity contribution in [2.24, 2.45) is 11.8 Å². The summed E-state index contributed by atoms with van der Waals surface area (Å²) in [5.41, 5.74) is -0.251. The summed E-state index contributed by atoms with van der Waals surface area (Å²) < 4.78 is 0. The first-order valence-electron chi connectivity index (χ1n) is 8.07. The molecule has 2 unspecified atom stereocenters. The minimum absolute atomic E-state index is 0.251. The molecule has 3 fully saturated rings. The van der Waals surface area contributed by atoms with E-state index in [1.165, 1.54) is 45.1 Å². The lowest BCUT2D eigenvalue weighted by atomic mass is 9.92. The molecule has 0 aromatic rings. The molecule has 0 aromatic heterocycles. The largest absolute Gasteiger partial charge is 0.297 e. The van der Waals surface area contributed by atoms with Crippen molar-refractivity contribution in [1.29, 1.82) is 5.26 Å². The van der Waals surface area contributed by atoms with Crippen molar-refractivity contribution in [3.8, 4) is 6.07 Å². The van der Waals surface area contributed by atoms with Gasteiger partial charge in [0.1, 0.15) is 5.54 Å². The monoisotopic (exact) mass is 261 g/mol. The number of hydrogen-bond donors (Lipinski definition) is 1. The Balaban J connectivity index is 1.71. The van der Waals surface area contributed by atoms with Crippen LogP contribution in [0.1, 0.15) is 52.4 Å². The van der Waals surface area contributed by atoms with Crippen molar-refractivity contribution < 1.29 is 0 Å². The number of nitrogens with zero attached hydrogens (tertiary/aromatic N) is 2. The van der Waals surface area contributed by atoms with E-state index in [0.29, 0.717) is 23.9 Å². The van der Waals surface area contributed by atoms with E-state index in [1.807, 2.05) is 0 Å². The Labute approximate surface area is 117 Å². The molecule has 2 saturated carbocycles. The van der Waals surface area contributed by atoms with E-state index in [4.69, 9.17) is 0 Å². The van der Waals surface area contributed by atoms with E-state index in [1.54, 1.807) is 0 Å². The molecule has 1 heterocycles. The van der Waals surface area contributed by atoms with Crippen LogP contribution in [0.15, 0.2) is 0 Å². The second-order valence-corrected chi connectivity index (χ2v) is 7.20. The molecule has 0 bridgehead atoms. The first kappa shape index (κ1) is 13.4. The third kappa shape index (κ3) is 2.80. The molecule has 2 aliphatic carbocycles. The summed E-state index contributed by atoms with van der Waals surface area (Å²) in [6, 6.07) is 4.00. The second kappa shape index (κ2) is 5.07. The minimum atomic E-state index is -0.251. The first-order valence-corrected chi connectivity index (χ1v) is 8.07. The Morgan fingerprint density at radius 1 is 1.26 bits per heavy atom. The van der Waals surface area contributed by atoms with Crippen molar-refractivity contribution in [1.82, 2.24) is 10.2 Å². The third-order valence-electron chi connectivity index (χ3n) is 5.15. The predicted molar refractivity (Wildman–Crippen MR) is 76.7 cm³/mol. The van der Waals surface area contributed by atoms with Crippen LogP contribution in [-0.2, 0) is 0 Å². The van der Waals surface area contributed by atoms with E-state index in [0.717, 1.165) is 6.54 Å². The van der Waals surface area contributed by atoms with Gasteiger partial charge in [0, 0.05) is 18.6 Å². The summed E-state index contributed by atoms with van der Waals surface area (Å²) >= 11 is 0. The molecule has 1 N–H and O–H groups in total. The van der Waals surface area contributed by atoms with Crippen molar-refractivity contribution in [2.75, 3.05) is 13.1 Å². The van der Waals surface area contributed by atoms with Gasteiger partial charge in [-0.05, 0) is 56.9 Å². The molecular weight excluding hydrogens is 234 g/mol. The fourth-order valence-electron chi connectivity index (χ4n) is 3.74.